The molecule has 5 rings (SSSR count). The monoisotopic (exact) mass is 450 g/mol. The van der Waals surface area contributed by atoms with Crippen molar-refractivity contribution < 1.29 is 0 Å². The summed E-state index contributed by atoms with van der Waals surface area (Å²) in [4.78, 5) is 20.8. The van der Waals surface area contributed by atoms with Gasteiger partial charge in [-0.25, -0.2) is 0 Å². The van der Waals surface area contributed by atoms with E-state index in [9.17, 15) is 4.79 Å². The van der Waals surface area contributed by atoms with Crippen molar-refractivity contribution in [1.82, 2.24) is 9.55 Å². The molecule has 1 aliphatic heterocycles. The molecule has 6 heteroatoms. The average Bonchev–Trinajstić information content (AvgIpc) is 3.05. The molecular formula is C24H22N2OS3. The lowest BCUT2D eigenvalue weighted by molar-refractivity contribution is 0.526. The van der Waals surface area contributed by atoms with Crippen LogP contribution in [0.3, 0.4) is 0 Å². The number of thioether (sulfide) groups is 2. The van der Waals surface area contributed by atoms with E-state index in [1.807, 2.05) is 18.7 Å². The molecule has 1 aliphatic rings. The molecule has 3 heterocycles. The normalized spacial score (nSPS) is 18.5. The Morgan fingerprint density at radius 3 is 2.50 bits per heavy atom. The first-order valence-corrected chi connectivity index (χ1v) is 12.6. The molecule has 30 heavy (non-hydrogen) atoms. The van der Waals surface area contributed by atoms with Crippen LogP contribution >= 0.6 is 34.9 Å². The minimum atomic E-state index is -0.0953. The van der Waals surface area contributed by atoms with Crippen LogP contribution in [-0.4, -0.2) is 20.6 Å². The van der Waals surface area contributed by atoms with Crippen molar-refractivity contribution in [3.8, 4) is 0 Å². The Morgan fingerprint density at radius 2 is 1.77 bits per heavy atom. The van der Waals surface area contributed by atoms with Gasteiger partial charge in [0, 0.05) is 20.8 Å². The van der Waals surface area contributed by atoms with E-state index in [0.717, 1.165) is 26.7 Å². The van der Waals surface area contributed by atoms with Crippen LogP contribution in [0.4, 0.5) is 0 Å². The second kappa shape index (κ2) is 7.91. The minimum absolute atomic E-state index is 0.0953. The molecule has 0 spiro atoms. The summed E-state index contributed by atoms with van der Waals surface area (Å²) in [6.45, 7) is 6.25. The minimum Gasteiger partial charge on any atom is -0.303 e. The van der Waals surface area contributed by atoms with E-state index in [1.54, 1.807) is 23.1 Å². The van der Waals surface area contributed by atoms with Crippen molar-refractivity contribution in [2.24, 2.45) is 0 Å². The zero-order valence-corrected chi connectivity index (χ0v) is 19.5. The van der Waals surface area contributed by atoms with Gasteiger partial charge in [-0.3, -0.25) is 4.79 Å². The van der Waals surface area contributed by atoms with Crippen LogP contribution in [0.25, 0.3) is 10.2 Å². The number of thiophene rings is 1. The lowest BCUT2D eigenvalue weighted by atomic mass is 10.0. The third kappa shape index (κ3) is 3.41. The largest absolute Gasteiger partial charge is 0.303 e. The van der Waals surface area contributed by atoms with Crippen molar-refractivity contribution in [3.05, 3.63) is 86.5 Å². The average molecular weight is 451 g/mol. The van der Waals surface area contributed by atoms with E-state index in [-0.39, 0.29) is 11.6 Å². The Bertz CT molecular complexity index is 1280. The topological polar surface area (TPSA) is 34.9 Å². The molecule has 0 saturated heterocycles. The molecule has 2 aromatic carbocycles. The first-order chi connectivity index (χ1) is 14.5. The first kappa shape index (κ1) is 19.9. The summed E-state index contributed by atoms with van der Waals surface area (Å²) >= 11 is 5.34. The first-order valence-electron chi connectivity index (χ1n) is 9.96. The van der Waals surface area contributed by atoms with Gasteiger partial charge in [-0.05, 0) is 44.0 Å². The van der Waals surface area contributed by atoms with Crippen LogP contribution in [0.5, 0.6) is 0 Å². The fraction of sp³-hybridized carbons (Fsp3) is 0.250. The number of benzene rings is 2. The predicted molar refractivity (Wildman–Crippen MR) is 129 cm³/mol. The highest BCUT2D eigenvalue weighted by atomic mass is 32.2. The molecule has 0 unspecified atom stereocenters. The van der Waals surface area contributed by atoms with Crippen molar-refractivity contribution in [3.63, 3.8) is 0 Å². The fourth-order valence-electron chi connectivity index (χ4n) is 3.98. The van der Waals surface area contributed by atoms with E-state index >= 15 is 0 Å². The van der Waals surface area contributed by atoms with Gasteiger partial charge >= 0.3 is 0 Å². The number of aromatic nitrogens is 2. The van der Waals surface area contributed by atoms with E-state index in [4.69, 9.17) is 0 Å². The van der Waals surface area contributed by atoms with E-state index in [2.05, 4.69) is 78.0 Å². The SMILES string of the molecule is Cc1ccc(S[C@@H]2CSc3nc(=O)c4c(C)c(C)sc4n3[C@@H]2c2ccccc2)cc1. The molecule has 0 amide bonds. The van der Waals surface area contributed by atoms with Gasteiger partial charge in [0.15, 0.2) is 5.16 Å². The van der Waals surface area contributed by atoms with Crippen molar-refractivity contribution in [2.45, 2.75) is 42.1 Å². The van der Waals surface area contributed by atoms with Gasteiger partial charge in [0.1, 0.15) is 4.83 Å². The fourth-order valence-corrected chi connectivity index (χ4v) is 7.74. The molecule has 0 radical (unpaired) electrons. The molecule has 152 valence electrons. The van der Waals surface area contributed by atoms with Crippen molar-refractivity contribution in [2.75, 3.05) is 5.75 Å². The third-order valence-electron chi connectivity index (χ3n) is 5.66. The molecule has 0 N–H and O–H groups in total. The lowest BCUT2D eigenvalue weighted by Crippen LogP contribution is -2.32. The van der Waals surface area contributed by atoms with Crippen LogP contribution in [0.2, 0.25) is 0 Å². The van der Waals surface area contributed by atoms with Crippen LogP contribution < -0.4 is 5.56 Å². The van der Waals surface area contributed by atoms with Crippen LogP contribution in [-0.2, 0) is 0 Å². The molecule has 2 atom stereocenters. The Balaban J connectivity index is 1.70. The number of rotatable bonds is 3. The molecule has 3 nitrogen and oxygen atoms in total. The molecule has 4 aromatic rings. The van der Waals surface area contributed by atoms with Gasteiger partial charge in [0.05, 0.1) is 11.4 Å². The maximum Gasteiger partial charge on any atom is 0.282 e. The van der Waals surface area contributed by atoms with Crippen LogP contribution in [0.15, 0.2) is 69.4 Å². The van der Waals surface area contributed by atoms with Gasteiger partial charge < -0.3 is 4.57 Å². The highest BCUT2D eigenvalue weighted by molar-refractivity contribution is 8.03. The molecule has 0 fully saturated rings. The summed E-state index contributed by atoms with van der Waals surface area (Å²) in [5, 5.41) is 1.95. The third-order valence-corrected chi connectivity index (χ3v) is 9.42. The number of nitrogens with zero attached hydrogens (tertiary/aromatic N) is 2. The highest BCUT2D eigenvalue weighted by Crippen LogP contribution is 2.45. The van der Waals surface area contributed by atoms with E-state index in [1.165, 1.54) is 20.9 Å². The number of hydrogen-bond acceptors (Lipinski definition) is 5. The summed E-state index contributed by atoms with van der Waals surface area (Å²) in [6, 6.07) is 19.5. The van der Waals surface area contributed by atoms with E-state index in [0.29, 0.717) is 5.25 Å². The van der Waals surface area contributed by atoms with Gasteiger partial charge in [0.2, 0.25) is 0 Å². The maximum absolute atomic E-state index is 12.8. The second-order valence-corrected chi connectivity index (χ2v) is 11.2. The standard InChI is InChI=1S/C24H22N2OS3/c1-14-9-11-18(12-10-14)30-19-13-28-24-25-22(27)20-15(2)16(3)29-23(20)26(24)21(19)17-7-5-4-6-8-17/h4-12,19,21H,13H2,1-3H3/t19-,21-/m1/s1. The summed E-state index contributed by atoms with van der Waals surface area (Å²) in [7, 11) is 0. The molecule has 0 bridgehead atoms. The summed E-state index contributed by atoms with van der Waals surface area (Å²) in [5.41, 5.74) is 3.50. The van der Waals surface area contributed by atoms with Gasteiger partial charge in [-0.1, -0.05) is 59.8 Å². The molecule has 0 saturated carbocycles. The van der Waals surface area contributed by atoms with E-state index < -0.39 is 0 Å². The molecule has 0 aliphatic carbocycles. The quantitative estimate of drug-likeness (QED) is 0.346. The smallest absolute Gasteiger partial charge is 0.282 e. The Kier molecular flexibility index (Phi) is 5.25. The lowest BCUT2D eigenvalue weighted by Gasteiger charge is -2.35. The highest BCUT2D eigenvalue weighted by Gasteiger charge is 2.34. The van der Waals surface area contributed by atoms with Gasteiger partial charge in [0.25, 0.3) is 5.56 Å². The Morgan fingerprint density at radius 1 is 1.03 bits per heavy atom. The van der Waals surface area contributed by atoms with Crippen LogP contribution in [0.1, 0.15) is 27.6 Å². The molecular weight excluding hydrogens is 428 g/mol. The number of hydrogen-bond donors (Lipinski definition) is 0. The summed E-state index contributed by atoms with van der Waals surface area (Å²) in [5.74, 6) is 0.916. The predicted octanol–water partition coefficient (Wildman–Crippen LogP) is 6.24. The summed E-state index contributed by atoms with van der Waals surface area (Å²) in [6.07, 6.45) is 0. The van der Waals surface area contributed by atoms with Gasteiger partial charge in [-0.2, -0.15) is 4.98 Å². The second-order valence-electron chi connectivity index (χ2n) is 7.67. The van der Waals surface area contributed by atoms with Crippen molar-refractivity contribution in [1.29, 1.82) is 0 Å². The van der Waals surface area contributed by atoms with Crippen molar-refractivity contribution >= 4 is 45.1 Å². The number of fused-ring (bicyclic) bond motifs is 3. The number of aryl methyl sites for hydroxylation is 3. The zero-order valence-electron chi connectivity index (χ0n) is 17.1. The molecule has 2 aromatic heterocycles. The Hall–Kier alpha value is -2.02. The zero-order chi connectivity index (χ0) is 20.8. The Labute approximate surface area is 188 Å². The maximum atomic E-state index is 12.8. The van der Waals surface area contributed by atoms with Crippen LogP contribution in [0, 0.1) is 20.8 Å². The van der Waals surface area contributed by atoms with Gasteiger partial charge in [-0.15, -0.1) is 23.1 Å². The summed E-state index contributed by atoms with van der Waals surface area (Å²) < 4.78 is 2.33.